The summed E-state index contributed by atoms with van der Waals surface area (Å²) in [6, 6.07) is 12.7. The van der Waals surface area contributed by atoms with Crippen molar-refractivity contribution < 1.29 is 13.2 Å². The predicted molar refractivity (Wildman–Crippen MR) is 95.5 cm³/mol. The Morgan fingerprint density at radius 2 is 1.84 bits per heavy atom. The topological polar surface area (TPSA) is 70.6 Å². The second-order valence-electron chi connectivity index (χ2n) is 6.15. The van der Waals surface area contributed by atoms with Crippen LogP contribution in [0.2, 0.25) is 0 Å². The monoisotopic (exact) mass is 359 g/mol. The molecule has 3 rings (SSSR count). The smallest absolute Gasteiger partial charge is 0.272 e. The van der Waals surface area contributed by atoms with E-state index < -0.39 is 10.0 Å². The first-order valence-electron chi connectivity index (χ1n) is 8.19. The van der Waals surface area contributed by atoms with Gasteiger partial charge in [0.25, 0.3) is 5.91 Å². The van der Waals surface area contributed by atoms with Crippen LogP contribution in [0.5, 0.6) is 0 Å². The van der Waals surface area contributed by atoms with Gasteiger partial charge in [0, 0.05) is 32.4 Å². The minimum absolute atomic E-state index is 0.0110. The van der Waals surface area contributed by atoms with Gasteiger partial charge >= 0.3 is 0 Å². The number of benzene rings is 1. The summed E-state index contributed by atoms with van der Waals surface area (Å²) in [4.78, 5) is 18.1. The third-order valence-electron chi connectivity index (χ3n) is 4.23. The van der Waals surface area contributed by atoms with Crippen LogP contribution < -0.4 is 0 Å². The lowest BCUT2D eigenvalue weighted by Gasteiger charge is -2.33. The van der Waals surface area contributed by atoms with Gasteiger partial charge < -0.3 is 4.90 Å². The molecular weight excluding hydrogens is 338 g/mol. The summed E-state index contributed by atoms with van der Waals surface area (Å²) in [5, 5.41) is 0. The fourth-order valence-electron chi connectivity index (χ4n) is 2.92. The number of aryl methyl sites for hydroxylation is 1. The number of carbonyl (C=O) groups is 1. The van der Waals surface area contributed by atoms with Gasteiger partial charge in [-0.1, -0.05) is 35.9 Å². The SMILES string of the molecule is Cc1cccc(CS(=O)(=O)N2CCN(C(=O)c3ccccn3)CC2)c1. The molecule has 1 fully saturated rings. The van der Waals surface area contributed by atoms with Crippen molar-refractivity contribution in [3.05, 3.63) is 65.5 Å². The number of carbonyl (C=O) groups excluding carboxylic acids is 1. The summed E-state index contributed by atoms with van der Waals surface area (Å²) in [5.74, 6) is -0.167. The average Bonchev–Trinajstić information content (AvgIpc) is 2.61. The maximum Gasteiger partial charge on any atom is 0.272 e. The number of hydrogen-bond donors (Lipinski definition) is 0. The van der Waals surface area contributed by atoms with Crippen LogP contribution >= 0.6 is 0 Å². The number of piperazine rings is 1. The zero-order chi connectivity index (χ0) is 17.9. The maximum atomic E-state index is 12.6. The molecule has 1 saturated heterocycles. The highest BCUT2D eigenvalue weighted by Gasteiger charge is 2.29. The normalized spacial score (nSPS) is 16.0. The van der Waals surface area contributed by atoms with Crippen molar-refractivity contribution in [1.82, 2.24) is 14.2 Å². The second kappa shape index (κ2) is 7.33. The highest BCUT2D eigenvalue weighted by molar-refractivity contribution is 7.88. The van der Waals surface area contributed by atoms with Crippen molar-refractivity contribution in [1.29, 1.82) is 0 Å². The van der Waals surface area contributed by atoms with Crippen LogP contribution in [0.3, 0.4) is 0 Å². The number of pyridine rings is 1. The van der Waals surface area contributed by atoms with Crippen molar-refractivity contribution >= 4 is 15.9 Å². The Kier molecular flexibility index (Phi) is 5.15. The zero-order valence-corrected chi connectivity index (χ0v) is 14.9. The number of hydrogen-bond acceptors (Lipinski definition) is 4. The molecule has 0 radical (unpaired) electrons. The summed E-state index contributed by atoms with van der Waals surface area (Å²) in [6.45, 7) is 3.32. The molecule has 2 aromatic rings. The molecule has 1 aliphatic rings. The van der Waals surface area contributed by atoms with Gasteiger partial charge in [-0.15, -0.1) is 0 Å². The lowest BCUT2D eigenvalue weighted by Crippen LogP contribution is -2.50. The Balaban J connectivity index is 1.62. The summed E-state index contributed by atoms with van der Waals surface area (Å²) in [5.41, 5.74) is 2.21. The first-order chi connectivity index (χ1) is 12.0. The van der Waals surface area contributed by atoms with Crippen LogP contribution in [0.1, 0.15) is 21.6 Å². The Hall–Kier alpha value is -2.25. The molecule has 1 amide bonds. The van der Waals surface area contributed by atoms with E-state index in [1.807, 2.05) is 31.2 Å². The van der Waals surface area contributed by atoms with E-state index >= 15 is 0 Å². The summed E-state index contributed by atoms with van der Waals surface area (Å²) < 4.78 is 26.7. The third-order valence-corrected chi connectivity index (χ3v) is 6.08. The minimum atomic E-state index is -3.39. The molecule has 1 aromatic heterocycles. The van der Waals surface area contributed by atoms with Gasteiger partial charge in [0.2, 0.25) is 10.0 Å². The van der Waals surface area contributed by atoms with E-state index in [4.69, 9.17) is 0 Å². The van der Waals surface area contributed by atoms with E-state index in [0.717, 1.165) is 11.1 Å². The molecule has 0 atom stereocenters. The molecule has 2 heterocycles. The Morgan fingerprint density at radius 1 is 1.08 bits per heavy atom. The van der Waals surface area contributed by atoms with Gasteiger partial charge in [0.15, 0.2) is 0 Å². The molecule has 1 aromatic carbocycles. The van der Waals surface area contributed by atoms with Crippen LogP contribution in [-0.2, 0) is 15.8 Å². The van der Waals surface area contributed by atoms with Crippen LogP contribution in [0.15, 0.2) is 48.7 Å². The largest absolute Gasteiger partial charge is 0.335 e. The van der Waals surface area contributed by atoms with Gasteiger partial charge in [0.1, 0.15) is 5.69 Å². The summed E-state index contributed by atoms with van der Waals surface area (Å²) in [7, 11) is -3.39. The van der Waals surface area contributed by atoms with Crippen LogP contribution in [-0.4, -0.2) is 54.7 Å². The molecule has 132 valence electrons. The van der Waals surface area contributed by atoms with Crippen molar-refractivity contribution in [2.24, 2.45) is 0 Å². The number of amides is 1. The van der Waals surface area contributed by atoms with E-state index in [1.165, 1.54) is 4.31 Å². The van der Waals surface area contributed by atoms with Crippen LogP contribution in [0, 0.1) is 6.92 Å². The predicted octanol–water partition coefficient (Wildman–Crippen LogP) is 1.68. The van der Waals surface area contributed by atoms with E-state index in [0.29, 0.717) is 31.9 Å². The van der Waals surface area contributed by atoms with Crippen LogP contribution in [0.25, 0.3) is 0 Å². The molecule has 25 heavy (non-hydrogen) atoms. The van der Waals surface area contributed by atoms with Gasteiger partial charge in [0.05, 0.1) is 5.75 Å². The minimum Gasteiger partial charge on any atom is -0.335 e. The number of nitrogens with zero attached hydrogens (tertiary/aromatic N) is 3. The summed E-state index contributed by atoms with van der Waals surface area (Å²) in [6.07, 6.45) is 1.58. The molecule has 1 aliphatic heterocycles. The average molecular weight is 359 g/mol. The van der Waals surface area contributed by atoms with Gasteiger partial charge in [-0.05, 0) is 24.6 Å². The zero-order valence-electron chi connectivity index (χ0n) is 14.1. The van der Waals surface area contributed by atoms with E-state index in [2.05, 4.69) is 4.98 Å². The Labute approximate surface area is 148 Å². The van der Waals surface area contributed by atoms with Crippen molar-refractivity contribution in [2.45, 2.75) is 12.7 Å². The second-order valence-corrected chi connectivity index (χ2v) is 8.12. The number of aromatic nitrogens is 1. The van der Waals surface area contributed by atoms with Crippen molar-refractivity contribution in [3.8, 4) is 0 Å². The molecule has 0 unspecified atom stereocenters. The standard InChI is InChI=1S/C18H21N3O3S/c1-15-5-4-6-16(13-15)14-25(23,24)21-11-9-20(10-12-21)18(22)17-7-2-3-8-19-17/h2-8,13H,9-12,14H2,1H3. The summed E-state index contributed by atoms with van der Waals surface area (Å²) >= 11 is 0. The molecule has 6 nitrogen and oxygen atoms in total. The number of rotatable bonds is 4. The van der Waals surface area contributed by atoms with Crippen molar-refractivity contribution in [2.75, 3.05) is 26.2 Å². The van der Waals surface area contributed by atoms with E-state index in [9.17, 15) is 13.2 Å². The maximum absolute atomic E-state index is 12.6. The molecular formula is C18H21N3O3S. The fourth-order valence-corrected chi connectivity index (χ4v) is 4.43. The quantitative estimate of drug-likeness (QED) is 0.833. The molecule has 0 saturated carbocycles. The molecule has 0 N–H and O–H groups in total. The number of sulfonamides is 1. The van der Waals surface area contributed by atoms with Gasteiger partial charge in [-0.25, -0.2) is 8.42 Å². The highest BCUT2D eigenvalue weighted by Crippen LogP contribution is 2.15. The van der Waals surface area contributed by atoms with Crippen LogP contribution in [0.4, 0.5) is 0 Å². The first-order valence-corrected chi connectivity index (χ1v) is 9.80. The lowest BCUT2D eigenvalue weighted by atomic mass is 10.2. The Bertz CT molecular complexity index is 845. The van der Waals surface area contributed by atoms with Crippen molar-refractivity contribution in [3.63, 3.8) is 0 Å². The molecule has 0 bridgehead atoms. The molecule has 0 aliphatic carbocycles. The Morgan fingerprint density at radius 3 is 2.48 bits per heavy atom. The lowest BCUT2D eigenvalue weighted by molar-refractivity contribution is 0.0692. The fraction of sp³-hybridized carbons (Fsp3) is 0.333. The van der Waals surface area contributed by atoms with E-state index in [1.54, 1.807) is 29.3 Å². The molecule has 7 heteroatoms. The van der Waals surface area contributed by atoms with Gasteiger partial charge in [-0.3, -0.25) is 9.78 Å². The van der Waals surface area contributed by atoms with E-state index in [-0.39, 0.29) is 11.7 Å². The third kappa shape index (κ3) is 4.24. The highest BCUT2D eigenvalue weighted by atomic mass is 32.2. The molecule has 0 spiro atoms. The van der Waals surface area contributed by atoms with Gasteiger partial charge in [-0.2, -0.15) is 4.31 Å². The first kappa shape index (κ1) is 17.6.